The second-order valence-electron chi connectivity index (χ2n) is 45.0. The Morgan fingerprint density at radius 1 is 0.387 bits per heavy atom. The van der Waals surface area contributed by atoms with Gasteiger partial charge in [-0.25, -0.2) is 18.0 Å². The molecule has 0 aromatic heterocycles. The molecular weight excluding hydrogens is 1940 g/mol. The highest BCUT2D eigenvalue weighted by atomic mass is 32.2. The number of esters is 7. The third-order valence-corrected chi connectivity index (χ3v) is 32.1. The zero-order valence-corrected chi connectivity index (χ0v) is 96.2. The molecule has 150 heavy (non-hydrogen) atoms. The second kappa shape index (κ2) is 62.1. The third-order valence-electron chi connectivity index (χ3n) is 30.7. The van der Waals surface area contributed by atoms with Gasteiger partial charge in [0, 0.05) is 82.6 Å². The summed E-state index contributed by atoms with van der Waals surface area (Å²) in [5.41, 5.74) is 4.17. The van der Waals surface area contributed by atoms with Crippen LogP contribution < -0.4 is 51.4 Å². The first-order valence-electron chi connectivity index (χ1n) is 54.5. The number of carbonyl (C=O) groups is 7. The summed E-state index contributed by atoms with van der Waals surface area (Å²) in [5.74, 6) is 4.28. The van der Waals surface area contributed by atoms with Crippen LogP contribution in [0.1, 0.15) is 299 Å². The van der Waals surface area contributed by atoms with Crippen LogP contribution in [0, 0.1) is 78.2 Å². The van der Waals surface area contributed by atoms with Gasteiger partial charge in [0.05, 0.1) is 61.5 Å². The minimum absolute atomic E-state index is 0.0168. The molecule has 29 nitrogen and oxygen atoms in total. The van der Waals surface area contributed by atoms with Gasteiger partial charge in [-0.1, -0.05) is 87.7 Å². The lowest BCUT2D eigenvalue weighted by molar-refractivity contribution is -0.385. The SMILES string of the molecule is CC(C)(OC(=O)CCc1ccc(S)cc1)C1CCNCC1.CC(C)(OC(=O)Cc1ccc(S(C)(=O)=O)cc1)C1CCNCC1.CCCCC(C)CCC(=O)OC(C)(C)C1CCNCC1.COc1cc(C(=O)OC(C)(C)C2CCNCC2)ccc1C.COc1cccc(C(=O)OC(C)(C)C2CCNCC2)c1C.COc1cccc(CC(=O)OC(C)(C)C2CCNCC2)c1.Cc1cc(CC(=O)OC(C)(C)C2CCNCC2)ccc1[N+](=O)[O-]. The molecule has 0 radical (unpaired) electrons. The predicted octanol–water partition coefficient (Wildman–Crippen LogP) is 20.3. The highest BCUT2D eigenvalue weighted by Gasteiger charge is 2.42. The van der Waals surface area contributed by atoms with Crippen molar-refractivity contribution in [3.63, 3.8) is 0 Å². The summed E-state index contributed by atoms with van der Waals surface area (Å²) in [7, 11) is 1.62. The molecule has 836 valence electrons. The van der Waals surface area contributed by atoms with Crippen LogP contribution in [0.5, 0.6) is 17.2 Å². The molecule has 6 aromatic carbocycles. The largest absolute Gasteiger partial charge is 0.497 e. The molecule has 7 aliphatic heterocycles. The van der Waals surface area contributed by atoms with Gasteiger partial charge in [-0.3, -0.25) is 34.1 Å². The number of hydrogen-bond donors (Lipinski definition) is 8. The summed E-state index contributed by atoms with van der Waals surface area (Å²) in [6.07, 6.45) is 22.7. The first-order valence-corrected chi connectivity index (χ1v) is 56.9. The molecule has 7 N–H and O–H groups in total. The molecule has 13 rings (SSSR count). The van der Waals surface area contributed by atoms with Gasteiger partial charge in [-0.15, -0.1) is 12.6 Å². The average molecular weight is 2120 g/mol. The Balaban J connectivity index is 0.000000237. The van der Waals surface area contributed by atoms with Gasteiger partial charge in [0.25, 0.3) is 5.69 Å². The Kier molecular flexibility index (Phi) is 52.7. The van der Waals surface area contributed by atoms with Crippen molar-refractivity contribution in [2.75, 3.05) is 119 Å². The fraction of sp³-hybridized carbons (Fsp3) is 0.639. The number of piperidine rings is 7. The van der Waals surface area contributed by atoms with E-state index in [1.165, 1.54) is 37.5 Å². The molecule has 6 aromatic rings. The molecular formula is C119H182N8O21S2. The molecule has 0 saturated carbocycles. The fourth-order valence-electron chi connectivity index (χ4n) is 20.6. The quantitative estimate of drug-likeness (QED) is 0.00595. The zero-order chi connectivity index (χ0) is 111. The van der Waals surface area contributed by atoms with E-state index in [9.17, 15) is 52.1 Å². The van der Waals surface area contributed by atoms with Crippen LogP contribution in [0.2, 0.25) is 0 Å². The number of ether oxygens (including phenoxy) is 10. The van der Waals surface area contributed by atoms with Crippen molar-refractivity contribution < 1.29 is 94.3 Å². The highest BCUT2D eigenvalue weighted by molar-refractivity contribution is 7.90. The molecule has 0 bridgehead atoms. The third kappa shape index (κ3) is 44.1. The highest BCUT2D eigenvalue weighted by Crippen LogP contribution is 2.39. The van der Waals surface area contributed by atoms with E-state index in [1.54, 1.807) is 70.7 Å². The Morgan fingerprint density at radius 3 is 1.10 bits per heavy atom. The number of nitro benzene ring substituents is 1. The molecule has 7 fully saturated rings. The smallest absolute Gasteiger partial charge is 0.339 e. The van der Waals surface area contributed by atoms with Crippen LogP contribution in [-0.4, -0.2) is 214 Å². The summed E-state index contributed by atoms with van der Waals surface area (Å²) in [5, 5.41) is 34.2. The number of benzene rings is 6. The standard InChI is InChI=1S/C17H24N2O4.C17H25NO4S.3C17H25NO3.C17H25NO2S.C17H33NO2/c1-12-10-13(4-5-15(12)19(21)22)11-16(20)23-17(2,3)14-6-8-18-9-7-14;1-17(2,14-8-10-18-11-9-14)22-16(19)12-13-4-6-15(7-5-13)23(3,20)21;1-12-5-6-13(11-15(12)20-4)16(19)21-17(2,3)14-7-9-18-10-8-14;1-12-14(6-5-7-15(12)20-4)16(19)21-17(2,3)13-8-10-18-11-9-13;1-17(2,14-7-9-18-10-8-14)21-16(19)12-13-5-4-6-15(11-13)20-3;1-17(2,14-9-11-18-12-10-14)20-16(19)8-5-13-3-6-15(21)7-4-13;1-5-6-7-14(2)8-9-16(19)20-17(3,4)15-10-12-18-13-11-15/h4-5,10,14,18H,6-9,11H2,1-3H3;4-7,14,18H,8-12H2,1-3H3;5-6,11,14,18H,7-10H2,1-4H3;5-7,13,18H,8-11H2,1-4H3;4-6,11,14,18H,7-10,12H2,1-3H3;3-4,6-7,14,18,21H,5,8-12H2,1-2H3;14-15,18H,5-13H2,1-4H3. The van der Waals surface area contributed by atoms with E-state index >= 15 is 0 Å². The number of rotatable bonds is 36. The van der Waals surface area contributed by atoms with Gasteiger partial charge in [0.2, 0.25) is 0 Å². The first kappa shape index (κ1) is 127. The van der Waals surface area contributed by atoms with Crippen molar-refractivity contribution in [3.8, 4) is 17.2 Å². The molecule has 0 aliphatic carbocycles. The summed E-state index contributed by atoms with van der Waals surface area (Å²) in [6.45, 7) is 52.0. The number of hydrogen-bond acceptors (Lipinski definition) is 29. The topological polar surface area (TPSA) is 373 Å². The van der Waals surface area contributed by atoms with E-state index in [0.29, 0.717) is 88.4 Å². The monoisotopic (exact) mass is 2120 g/mol. The lowest BCUT2D eigenvalue weighted by Crippen LogP contribution is -2.43. The van der Waals surface area contributed by atoms with Crippen molar-refractivity contribution in [1.82, 2.24) is 37.2 Å². The lowest BCUT2D eigenvalue weighted by atomic mass is 9.83. The van der Waals surface area contributed by atoms with Crippen molar-refractivity contribution >= 4 is 69.9 Å². The molecule has 1 atom stereocenters. The van der Waals surface area contributed by atoms with Gasteiger partial charge in [-0.2, -0.15) is 0 Å². The number of sulfone groups is 1. The molecule has 1 unspecified atom stereocenters. The van der Waals surface area contributed by atoms with Gasteiger partial charge in [-0.05, 0) is 413 Å². The number of carbonyl (C=O) groups excluding carboxylic acids is 7. The average Bonchev–Trinajstić information content (AvgIpc) is 0.809. The number of nitrogens with zero attached hydrogens (tertiary/aromatic N) is 1. The molecule has 7 saturated heterocycles. The summed E-state index contributed by atoms with van der Waals surface area (Å²) >= 11 is 4.26. The van der Waals surface area contributed by atoms with Crippen LogP contribution in [-0.2, 0) is 92.7 Å². The van der Waals surface area contributed by atoms with Gasteiger partial charge >= 0.3 is 41.8 Å². The summed E-state index contributed by atoms with van der Waals surface area (Å²) in [4.78, 5) is 97.2. The lowest BCUT2D eigenvalue weighted by Gasteiger charge is -2.36. The van der Waals surface area contributed by atoms with Crippen LogP contribution in [0.3, 0.4) is 0 Å². The van der Waals surface area contributed by atoms with Crippen molar-refractivity contribution in [1.29, 1.82) is 0 Å². The van der Waals surface area contributed by atoms with Crippen molar-refractivity contribution in [2.45, 2.75) is 335 Å². The maximum atomic E-state index is 12.5. The van der Waals surface area contributed by atoms with Crippen LogP contribution >= 0.6 is 12.6 Å². The van der Waals surface area contributed by atoms with E-state index in [0.717, 1.165) is 245 Å². The second-order valence-corrected chi connectivity index (χ2v) is 47.5. The molecule has 31 heteroatoms. The van der Waals surface area contributed by atoms with Crippen molar-refractivity contribution in [2.24, 2.45) is 47.3 Å². The van der Waals surface area contributed by atoms with Gasteiger partial charge in [0.1, 0.15) is 56.5 Å². The Morgan fingerprint density at radius 2 is 0.733 bits per heavy atom. The summed E-state index contributed by atoms with van der Waals surface area (Å²) < 4.78 is 78.8. The van der Waals surface area contributed by atoms with Crippen molar-refractivity contribution in [3.05, 3.63) is 188 Å². The number of nitro groups is 1. The zero-order valence-electron chi connectivity index (χ0n) is 94.5. The normalized spacial score (nSPS) is 16.9. The first-order chi connectivity index (χ1) is 70.8. The Labute approximate surface area is 902 Å². The molecule has 7 aliphatic rings. The van der Waals surface area contributed by atoms with Gasteiger partial charge in [0.15, 0.2) is 9.84 Å². The minimum Gasteiger partial charge on any atom is -0.497 e. The number of methoxy groups -OCH3 is 3. The number of nitrogens with one attached hydrogen (secondary N) is 7. The van der Waals surface area contributed by atoms with E-state index in [1.807, 2.05) is 164 Å². The molecule has 7 heterocycles. The maximum Gasteiger partial charge on any atom is 0.339 e. The van der Waals surface area contributed by atoms with Crippen LogP contribution in [0.25, 0.3) is 0 Å². The Hall–Kier alpha value is -9.57. The maximum absolute atomic E-state index is 12.5. The summed E-state index contributed by atoms with van der Waals surface area (Å²) in [6, 6.07) is 37.4. The minimum atomic E-state index is -3.21. The van der Waals surface area contributed by atoms with E-state index < -0.39 is 42.8 Å². The fourth-order valence-corrected chi connectivity index (χ4v) is 21.4. The Bertz CT molecular complexity index is 5270. The predicted molar refractivity (Wildman–Crippen MR) is 596 cm³/mol. The van der Waals surface area contributed by atoms with E-state index in [4.69, 9.17) is 47.4 Å². The number of unbranched alkanes of at least 4 members (excludes halogenated alkanes) is 1. The number of thiol groups is 1. The van der Waals surface area contributed by atoms with Gasteiger partial charge < -0.3 is 84.6 Å². The van der Waals surface area contributed by atoms with E-state index in [-0.39, 0.29) is 82.8 Å². The van der Waals surface area contributed by atoms with Crippen LogP contribution in [0.15, 0.2) is 137 Å². The number of aryl methyl sites for hydroxylation is 3. The van der Waals surface area contributed by atoms with Crippen LogP contribution in [0.4, 0.5) is 5.69 Å². The van der Waals surface area contributed by atoms with E-state index in [2.05, 4.69) is 77.5 Å². The molecule has 0 spiro atoms. The molecule has 0 amide bonds.